The van der Waals surface area contributed by atoms with Gasteiger partial charge in [-0.1, -0.05) is 11.6 Å². The number of carboxylic acid groups (broad SMARTS) is 1. The molecule has 15 heavy (non-hydrogen) atoms. The standard InChI is InChI=1S/C10H11ClO3S/c1-14-4-5-15-9-6-7(11)2-3-8(9)10(12)13/h2-3,6H,4-5H2,1H3,(H,12,13). The number of ether oxygens (including phenoxy) is 1. The molecule has 0 aliphatic carbocycles. The maximum atomic E-state index is 10.9. The number of benzene rings is 1. The minimum atomic E-state index is -0.938. The summed E-state index contributed by atoms with van der Waals surface area (Å²) in [6, 6.07) is 4.75. The van der Waals surface area contributed by atoms with Crippen molar-refractivity contribution in [2.75, 3.05) is 19.5 Å². The highest BCUT2D eigenvalue weighted by Crippen LogP contribution is 2.26. The average Bonchev–Trinajstić information content (AvgIpc) is 2.18. The van der Waals surface area contributed by atoms with Crippen LogP contribution in [0.15, 0.2) is 23.1 Å². The highest BCUT2D eigenvalue weighted by molar-refractivity contribution is 7.99. The first-order chi connectivity index (χ1) is 7.15. The molecule has 0 radical (unpaired) electrons. The second-order valence-corrected chi connectivity index (χ2v) is 4.36. The SMILES string of the molecule is COCCSc1cc(Cl)ccc1C(=O)O. The number of hydrogen-bond donors (Lipinski definition) is 1. The first-order valence-corrected chi connectivity index (χ1v) is 5.66. The number of thioether (sulfide) groups is 1. The number of aromatic carboxylic acids is 1. The molecular weight excluding hydrogens is 236 g/mol. The Morgan fingerprint density at radius 3 is 2.93 bits per heavy atom. The van der Waals surface area contributed by atoms with Crippen molar-refractivity contribution in [2.24, 2.45) is 0 Å². The van der Waals surface area contributed by atoms with Gasteiger partial charge in [0.05, 0.1) is 12.2 Å². The van der Waals surface area contributed by atoms with Gasteiger partial charge in [0, 0.05) is 22.8 Å². The number of rotatable bonds is 5. The molecule has 0 unspecified atom stereocenters. The molecule has 1 aromatic rings. The van der Waals surface area contributed by atoms with Crippen LogP contribution in [0.1, 0.15) is 10.4 Å². The second kappa shape index (κ2) is 6.00. The summed E-state index contributed by atoms with van der Waals surface area (Å²) in [4.78, 5) is 11.6. The summed E-state index contributed by atoms with van der Waals surface area (Å²) in [5.41, 5.74) is 0.278. The Labute approximate surface area is 97.4 Å². The summed E-state index contributed by atoms with van der Waals surface area (Å²) in [5, 5.41) is 9.47. The van der Waals surface area contributed by atoms with Crippen LogP contribution in [0.2, 0.25) is 5.02 Å². The molecule has 0 spiro atoms. The highest BCUT2D eigenvalue weighted by atomic mass is 35.5. The van der Waals surface area contributed by atoms with E-state index in [4.69, 9.17) is 21.4 Å². The maximum Gasteiger partial charge on any atom is 0.336 e. The van der Waals surface area contributed by atoms with E-state index in [1.807, 2.05) is 0 Å². The van der Waals surface area contributed by atoms with Gasteiger partial charge >= 0.3 is 5.97 Å². The number of carboxylic acids is 1. The third-order valence-electron chi connectivity index (χ3n) is 1.72. The van der Waals surface area contributed by atoms with Gasteiger partial charge < -0.3 is 9.84 Å². The zero-order valence-corrected chi connectivity index (χ0v) is 9.77. The Balaban J connectivity index is 2.82. The summed E-state index contributed by atoms with van der Waals surface area (Å²) < 4.78 is 4.89. The van der Waals surface area contributed by atoms with Crippen LogP contribution in [-0.4, -0.2) is 30.5 Å². The molecule has 82 valence electrons. The van der Waals surface area contributed by atoms with E-state index in [1.165, 1.54) is 17.8 Å². The lowest BCUT2D eigenvalue weighted by molar-refractivity contribution is 0.0693. The first kappa shape index (κ1) is 12.4. The minimum absolute atomic E-state index is 0.278. The van der Waals surface area contributed by atoms with Crippen LogP contribution >= 0.6 is 23.4 Å². The summed E-state index contributed by atoms with van der Waals surface area (Å²) in [7, 11) is 1.61. The van der Waals surface area contributed by atoms with Gasteiger partial charge in [0.2, 0.25) is 0 Å². The van der Waals surface area contributed by atoms with E-state index in [-0.39, 0.29) is 5.56 Å². The van der Waals surface area contributed by atoms with Gasteiger partial charge in [-0.2, -0.15) is 0 Å². The van der Waals surface area contributed by atoms with Crippen molar-refractivity contribution in [1.29, 1.82) is 0 Å². The Morgan fingerprint density at radius 2 is 2.33 bits per heavy atom. The lowest BCUT2D eigenvalue weighted by atomic mass is 10.2. The lowest BCUT2D eigenvalue weighted by Gasteiger charge is -2.05. The third-order valence-corrected chi connectivity index (χ3v) is 2.97. The smallest absolute Gasteiger partial charge is 0.336 e. The first-order valence-electron chi connectivity index (χ1n) is 4.29. The summed E-state index contributed by atoms with van der Waals surface area (Å²) in [6.07, 6.45) is 0. The molecule has 1 aromatic carbocycles. The van der Waals surface area contributed by atoms with Gasteiger partial charge in [-0.05, 0) is 18.2 Å². The fourth-order valence-corrected chi connectivity index (χ4v) is 2.26. The molecule has 0 atom stereocenters. The number of hydrogen-bond acceptors (Lipinski definition) is 3. The van der Waals surface area contributed by atoms with Gasteiger partial charge in [0.25, 0.3) is 0 Å². The highest BCUT2D eigenvalue weighted by Gasteiger charge is 2.10. The number of carbonyl (C=O) groups is 1. The monoisotopic (exact) mass is 246 g/mol. The molecule has 0 bridgehead atoms. The quantitative estimate of drug-likeness (QED) is 0.641. The van der Waals surface area contributed by atoms with E-state index >= 15 is 0 Å². The molecule has 1 N–H and O–H groups in total. The minimum Gasteiger partial charge on any atom is -0.478 e. The van der Waals surface area contributed by atoms with E-state index in [1.54, 1.807) is 19.2 Å². The second-order valence-electron chi connectivity index (χ2n) is 2.79. The van der Waals surface area contributed by atoms with Crippen LogP contribution in [0.25, 0.3) is 0 Å². The van der Waals surface area contributed by atoms with Crippen molar-refractivity contribution in [2.45, 2.75) is 4.90 Å². The molecule has 0 aliphatic heterocycles. The molecule has 0 saturated carbocycles. The fraction of sp³-hybridized carbons (Fsp3) is 0.300. The molecule has 0 saturated heterocycles. The molecule has 0 aliphatic rings. The van der Waals surface area contributed by atoms with Crippen molar-refractivity contribution >= 4 is 29.3 Å². The van der Waals surface area contributed by atoms with Crippen LogP contribution in [0.3, 0.4) is 0 Å². The molecule has 5 heteroatoms. The van der Waals surface area contributed by atoms with Crippen LogP contribution < -0.4 is 0 Å². The topological polar surface area (TPSA) is 46.5 Å². The number of methoxy groups -OCH3 is 1. The molecular formula is C10H11ClO3S. The van der Waals surface area contributed by atoms with E-state index < -0.39 is 5.97 Å². The molecule has 0 heterocycles. The van der Waals surface area contributed by atoms with Crippen LogP contribution in [-0.2, 0) is 4.74 Å². The zero-order chi connectivity index (χ0) is 11.3. The van der Waals surface area contributed by atoms with E-state index in [0.29, 0.717) is 22.3 Å². The van der Waals surface area contributed by atoms with Crippen molar-refractivity contribution in [3.8, 4) is 0 Å². The van der Waals surface area contributed by atoms with Crippen molar-refractivity contribution < 1.29 is 14.6 Å². The van der Waals surface area contributed by atoms with Crippen molar-refractivity contribution in [1.82, 2.24) is 0 Å². The molecule has 0 amide bonds. The van der Waals surface area contributed by atoms with Crippen molar-refractivity contribution in [3.63, 3.8) is 0 Å². The zero-order valence-electron chi connectivity index (χ0n) is 8.20. The van der Waals surface area contributed by atoms with Gasteiger partial charge in [-0.25, -0.2) is 4.79 Å². The van der Waals surface area contributed by atoms with Gasteiger partial charge in [0.15, 0.2) is 0 Å². The van der Waals surface area contributed by atoms with E-state index in [0.717, 1.165) is 0 Å². The Kier molecular flexibility index (Phi) is 4.94. The Morgan fingerprint density at radius 1 is 1.60 bits per heavy atom. The van der Waals surface area contributed by atoms with Crippen LogP contribution in [0.4, 0.5) is 0 Å². The predicted molar refractivity (Wildman–Crippen MR) is 61.0 cm³/mol. The van der Waals surface area contributed by atoms with Crippen molar-refractivity contribution in [3.05, 3.63) is 28.8 Å². The Bertz CT molecular complexity index is 355. The van der Waals surface area contributed by atoms with Gasteiger partial charge in [0.1, 0.15) is 0 Å². The van der Waals surface area contributed by atoms with E-state index in [2.05, 4.69) is 0 Å². The van der Waals surface area contributed by atoms with E-state index in [9.17, 15) is 4.79 Å². The van der Waals surface area contributed by atoms with Gasteiger partial charge in [-0.3, -0.25) is 0 Å². The Hall–Kier alpha value is -0.710. The van der Waals surface area contributed by atoms with Gasteiger partial charge in [-0.15, -0.1) is 11.8 Å². The predicted octanol–water partition coefficient (Wildman–Crippen LogP) is 2.78. The van der Waals surface area contributed by atoms with Crippen LogP contribution in [0.5, 0.6) is 0 Å². The third kappa shape index (κ3) is 3.74. The molecule has 1 rings (SSSR count). The maximum absolute atomic E-state index is 10.9. The normalized spacial score (nSPS) is 10.3. The summed E-state index contributed by atoms with van der Waals surface area (Å²) in [5.74, 6) is -0.233. The largest absolute Gasteiger partial charge is 0.478 e. The summed E-state index contributed by atoms with van der Waals surface area (Å²) >= 11 is 7.22. The fourth-order valence-electron chi connectivity index (χ4n) is 1.03. The molecule has 0 fully saturated rings. The average molecular weight is 247 g/mol. The van der Waals surface area contributed by atoms with Crippen LogP contribution in [0, 0.1) is 0 Å². The molecule has 3 nitrogen and oxygen atoms in total. The molecule has 0 aromatic heterocycles. The lowest BCUT2D eigenvalue weighted by Crippen LogP contribution is -2.00. The summed E-state index contributed by atoms with van der Waals surface area (Å²) in [6.45, 7) is 0.580. The number of halogens is 1.